The highest BCUT2D eigenvalue weighted by atomic mass is 35.5. The minimum absolute atomic E-state index is 0.0929. The van der Waals surface area contributed by atoms with E-state index in [1.807, 2.05) is 38.2 Å². The molecule has 0 radical (unpaired) electrons. The highest BCUT2D eigenvalue weighted by Gasteiger charge is 2.24. The number of hydrogen-bond acceptors (Lipinski definition) is 7. The van der Waals surface area contributed by atoms with Crippen LogP contribution in [-0.4, -0.2) is 80.4 Å². The van der Waals surface area contributed by atoms with Crippen LogP contribution in [0.1, 0.15) is 31.2 Å². The van der Waals surface area contributed by atoms with Crippen LogP contribution in [0, 0.1) is 0 Å². The number of piperidine rings is 1. The summed E-state index contributed by atoms with van der Waals surface area (Å²) in [6.07, 6.45) is 1.91. The van der Waals surface area contributed by atoms with Crippen molar-refractivity contribution in [1.82, 2.24) is 15.6 Å². The molecule has 0 bridgehead atoms. The number of para-hydroxylation sites is 1. The molecule has 2 amide bonds. The Hall–Kier alpha value is -3.08. The van der Waals surface area contributed by atoms with Crippen molar-refractivity contribution in [2.75, 3.05) is 32.8 Å². The summed E-state index contributed by atoms with van der Waals surface area (Å²) in [5, 5.41) is 18.1. The summed E-state index contributed by atoms with van der Waals surface area (Å²) < 4.78 is 11.4. The number of likely N-dealkylation sites (tertiary alicyclic amines) is 1. The highest BCUT2D eigenvalue weighted by molar-refractivity contribution is 6.34. The number of nitrogens with zero attached hydrogens (tertiary/aromatic N) is 2. The molecule has 196 valence electrons. The number of nitrogens with one attached hydrogen (secondary N) is 2. The van der Waals surface area contributed by atoms with Gasteiger partial charge in [-0.2, -0.15) is 5.10 Å². The summed E-state index contributed by atoms with van der Waals surface area (Å²) in [5.74, 6) is 1.01. The van der Waals surface area contributed by atoms with Crippen LogP contribution < -0.4 is 25.7 Å². The number of hydrazone groups is 1. The van der Waals surface area contributed by atoms with E-state index in [0.29, 0.717) is 43.2 Å². The average molecular weight is 527 g/mol. The summed E-state index contributed by atoms with van der Waals surface area (Å²) >= 11 is 6.36. The fraction of sp³-hybridized carbons (Fsp3) is 0.423. The topological polar surface area (TPSA) is 112 Å². The molecule has 2 aromatic rings. The van der Waals surface area contributed by atoms with Gasteiger partial charge in [0, 0.05) is 38.5 Å². The molecule has 2 heterocycles. The predicted molar refractivity (Wildman–Crippen MR) is 145 cm³/mol. The lowest BCUT2D eigenvalue weighted by atomic mass is 9.95. The van der Waals surface area contributed by atoms with E-state index < -0.39 is 6.10 Å². The predicted octanol–water partition coefficient (Wildman–Crippen LogP) is 0.612. The van der Waals surface area contributed by atoms with Crippen LogP contribution in [0.25, 0.3) is 0 Å². The number of amides is 2. The third-order valence-electron chi connectivity index (χ3n) is 6.54. The Bertz CT molecular complexity index is 1140. The van der Waals surface area contributed by atoms with E-state index in [0.717, 1.165) is 35.3 Å². The van der Waals surface area contributed by atoms with Gasteiger partial charge >= 0.3 is 0 Å². The molecule has 0 unspecified atom stereocenters. The summed E-state index contributed by atoms with van der Waals surface area (Å²) in [7, 11) is 1.97. The third-order valence-corrected chi connectivity index (χ3v) is 6.83. The van der Waals surface area contributed by atoms with Gasteiger partial charge in [0.2, 0.25) is 5.91 Å². The number of hydrogen-bond donors (Lipinski definition) is 3. The molecule has 1 atom stereocenters. The van der Waals surface area contributed by atoms with E-state index in [1.54, 1.807) is 17.0 Å². The molecular weight excluding hydrogens is 495 g/mol. The number of aliphatic hydroxyl groups excluding tert-OH is 1. The Morgan fingerprint density at radius 2 is 1.97 bits per heavy atom. The molecule has 9 nitrogen and oxygen atoms in total. The lowest BCUT2D eigenvalue weighted by molar-refractivity contribution is -0.134. The second-order valence-corrected chi connectivity index (χ2v) is 9.73. The molecule has 11 heteroatoms. The van der Waals surface area contributed by atoms with E-state index in [1.165, 1.54) is 0 Å². The van der Waals surface area contributed by atoms with Gasteiger partial charge in [-0.25, -0.2) is 5.43 Å². The van der Waals surface area contributed by atoms with E-state index in [-0.39, 0.29) is 31.1 Å². The molecule has 0 saturated carbocycles. The highest BCUT2D eigenvalue weighted by Crippen LogP contribution is 2.27. The van der Waals surface area contributed by atoms with E-state index in [2.05, 4.69) is 15.8 Å². The molecule has 0 spiro atoms. The van der Waals surface area contributed by atoms with Crippen molar-refractivity contribution in [2.45, 2.75) is 37.8 Å². The Kier molecular flexibility index (Phi) is 9.43. The van der Waals surface area contributed by atoms with Crippen LogP contribution in [0.3, 0.4) is 0 Å². The number of carbonyl (C=O) groups is 2. The largest absolute Gasteiger partial charge is 0.491 e. The van der Waals surface area contributed by atoms with Gasteiger partial charge in [0.15, 0.2) is 6.61 Å². The first-order chi connectivity index (χ1) is 17.9. The van der Waals surface area contributed by atoms with Crippen LogP contribution in [-0.2, 0) is 9.59 Å². The summed E-state index contributed by atoms with van der Waals surface area (Å²) in [5.41, 5.74) is 5.08. The first kappa shape index (κ1) is 27.0. The van der Waals surface area contributed by atoms with Crippen LogP contribution in [0.15, 0.2) is 47.6 Å². The van der Waals surface area contributed by atoms with E-state index in [9.17, 15) is 14.7 Å². The monoisotopic (exact) mass is 526 g/mol. The fourth-order valence-corrected chi connectivity index (χ4v) is 4.54. The molecule has 1 fully saturated rings. The molecule has 2 aliphatic heterocycles. The minimum atomic E-state index is -0.618. The Labute approximate surface area is 222 Å². The van der Waals surface area contributed by atoms with Gasteiger partial charge in [0.1, 0.15) is 32.1 Å². The summed E-state index contributed by atoms with van der Waals surface area (Å²) in [4.78, 5) is 25.7. The second-order valence-electron chi connectivity index (χ2n) is 9.32. The van der Waals surface area contributed by atoms with Crippen LogP contribution in [0.2, 0.25) is 5.02 Å². The van der Waals surface area contributed by atoms with Gasteiger partial charge in [-0.1, -0.05) is 29.8 Å². The Morgan fingerprint density at radius 1 is 1.19 bits per heavy atom. The quantitative estimate of drug-likeness (QED) is 0.391. The van der Waals surface area contributed by atoms with E-state index >= 15 is 0 Å². The van der Waals surface area contributed by atoms with Crippen molar-refractivity contribution in [1.29, 1.82) is 0 Å². The first-order valence-corrected chi connectivity index (χ1v) is 12.9. The van der Waals surface area contributed by atoms with Gasteiger partial charge in [0.25, 0.3) is 5.91 Å². The molecule has 2 aromatic carbocycles. The standard InChI is InChI=1S/C26H32BClN4O5/c27-20-3-1-2-4-23(20)36-15-19(33)14-29-18-9-11-32(12-10-18)26(35)16-37-24-7-5-17(13-21(24)28)22-6-8-25(34)31-30-22/h1-5,7,13,18-19,29,33H,6,8-12,14-16,27H2,(H,31,34)/t19-/m0/s1. The zero-order chi connectivity index (χ0) is 26.2. The molecule has 0 aromatic heterocycles. The molecular formula is C26H32BClN4O5. The zero-order valence-corrected chi connectivity index (χ0v) is 21.7. The maximum absolute atomic E-state index is 12.7. The summed E-state index contributed by atoms with van der Waals surface area (Å²) in [6, 6.07) is 13.2. The number of rotatable bonds is 10. The maximum atomic E-state index is 12.7. The van der Waals surface area contributed by atoms with E-state index in [4.69, 9.17) is 21.1 Å². The van der Waals surface area contributed by atoms with Crippen LogP contribution in [0.4, 0.5) is 0 Å². The van der Waals surface area contributed by atoms with Crippen molar-refractivity contribution >= 4 is 42.4 Å². The minimum Gasteiger partial charge on any atom is -0.491 e. The number of carbonyl (C=O) groups excluding carboxylic acids is 2. The fourth-order valence-electron chi connectivity index (χ4n) is 4.31. The third kappa shape index (κ3) is 7.71. The van der Waals surface area contributed by atoms with Gasteiger partial charge < -0.3 is 24.8 Å². The molecule has 3 N–H and O–H groups in total. The maximum Gasteiger partial charge on any atom is 0.260 e. The molecule has 4 rings (SSSR count). The number of aliphatic hydroxyl groups is 1. The molecule has 2 aliphatic rings. The Morgan fingerprint density at radius 3 is 2.68 bits per heavy atom. The molecule has 1 saturated heterocycles. The number of benzene rings is 2. The van der Waals surface area contributed by atoms with Crippen molar-refractivity contribution in [3.8, 4) is 11.5 Å². The molecule has 37 heavy (non-hydrogen) atoms. The van der Waals surface area contributed by atoms with Crippen LogP contribution in [0.5, 0.6) is 11.5 Å². The van der Waals surface area contributed by atoms with Gasteiger partial charge in [0.05, 0.1) is 10.7 Å². The zero-order valence-electron chi connectivity index (χ0n) is 20.9. The Balaban J connectivity index is 1.15. The molecule has 0 aliphatic carbocycles. The lowest BCUT2D eigenvalue weighted by Crippen LogP contribution is -2.48. The van der Waals surface area contributed by atoms with Gasteiger partial charge in [-0.05, 0) is 48.1 Å². The van der Waals surface area contributed by atoms with Crippen molar-refractivity contribution in [3.63, 3.8) is 0 Å². The smallest absolute Gasteiger partial charge is 0.260 e. The lowest BCUT2D eigenvalue weighted by Gasteiger charge is -2.33. The average Bonchev–Trinajstić information content (AvgIpc) is 2.91. The normalized spacial score (nSPS) is 17.1. The van der Waals surface area contributed by atoms with Gasteiger partial charge in [-0.3, -0.25) is 9.59 Å². The SMILES string of the molecule is Bc1ccccc1OC[C@@H](O)CNC1CCN(C(=O)COc2ccc(C3=NNC(=O)CC3)cc2Cl)CC1. The number of halogens is 1. The van der Waals surface area contributed by atoms with Crippen molar-refractivity contribution in [2.24, 2.45) is 5.10 Å². The van der Waals surface area contributed by atoms with Crippen LogP contribution >= 0.6 is 11.6 Å². The summed E-state index contributed by atoms with van der Waals surface area (Å²) in [6.45, 7) is 1.80. The first-order valence-electron chi connectivity index (χ1n) is 12.5. The number of ether oxygens (including phenoxy) is 2. The second kappa shape index (κ2) is 12.9. The van der Waals surface area contributed by atoms with Crippen molar-refractivity contribution < 1.29 is 24.2 Å². The van der Waals surface area contributed by atoms with Gasteiger partial charge in [-0.15, -0.1) is 0 Å². The van der Waals surface area contributed by atoms with Crippen molar-refractivity contribution in [3.05, 3.63) is 53.1 Å².